The first kappa shape index (κ1) is 21.6. The molecule has 1 N–H and O–H groups in total. The molecule has 1 atom stereocenters. The standard InChI is InChI=1S/C23H21F2N3O4/c1-13(20-26-19-5-3-2-4-17(19)21(29)27-20)32-23(31)14-8-10-28(11-9-14)22(30)16-7-6-15(24)12-18(16)25/h2-7,12-14H,8-11H2,1H3,(H,26,27,29). The number of rotatable bonds is 4. The van der Waals surface area contributed by atoms with Crippen molar-refractivity contribution >= 4 is 22.8 Å². The van der Waals surface area contributed by atoms with Crippen molar-refractivity contribution in [1.82, 2.24) is 14.9 Å². The van der Waals surface area contributed by atoms with E-state index in [1.54, 1.807) is 31.2 Å². The first-order valence-electron chi connectivity index (χ1n) is 10.3. The second-order valence-corrected chi connectivity index (χ2v) is 7.74. The molecular weight excluding hydrogens is 420 g/mol. The summed E-state index contributed by atoms with van der Waals surface area (Å²) in [6, 6.07) is 9.70. The monoisotopic (exact) mass is 441 g/mol. The van der Waals surface area contributed by atoms with E-state index >= 15 is 0 Å². The number of ether oxygens (including phenoxy) is 1. The Morgan fingerprint density at radius 3 is 2.59 bits per heavy atom. The number of hydrogen-bond acceptors (Lipinski definition) is 5. The van der Waals surface area contributed by atoms with Crippen molar-refractivity contribution in [2.24, 2.45) is 5.92 Å². The molecule has 1 aromatic heterocycles. The SMILES string of the molecule is CC(OC(=O)C1CCN(C(=O)c2ccc(F)cc2F)CC1)c1nc2ccccc2c(=O)[nH]1. The number of H-pyrrole nitrogens is 1. The molecule has 1 amide bonds. The van der Waals surface area contributed by atoms with Crippen LogP contribution in [-0.4, -0.2) is 39.8 Å². The van der Waals surface area contributed by atoms with Gasteiger partial charge < -0.3 is 14.6 Å². The fourth-order valence-electron chi connectivity index (χ4n) is 3.77. The Bertz CT molecular complexity index is 1240. The van der Waals surface area contributed by atoms with Crippen LogP contribution in [0.25, 0.3) is 10.9 Å². The Hall–Kier alpha value is -3.62. The number of hydrogen-bond donors (Lipinski definition) is 1. The molecule has 9 heteroatoms. The molecular formula is C23H21F2N3O4. The van der Waals surface area contributed by atoms with Crippen molar-refractivity contribution in [3.05, 3.63) is 75.8 Å². The highest BCUT2D eigenvalue weighted by Crippen LogP contribution is 2.24. The molecule has 7 nitrogen and oxygen atoms in total. The van der Waals surface area contributed by atoms with Gasteiger partial charge in [0.1, 0.15) is 11.6 Å². The van der Waals surface area contributed by atoms with Gasteiger partial charge in [0.15, 0.2) is 11.9 Å². The Labute approximate surface area is 182 Å². The van der Waals surface area contributed by atoms with Gasteiger partial charge in [-0.05, 0) is 44.0 Å². The van der Waals surface area contributed by atoms with Gasteiger partial charge in [0.25, 0.3) is 11.5 Å². The number of aromatic amines is 1. The third-order valence-electron chi connectivity index (χ3n) is 5.59. The van der Waals surface area contributed by atoms with Crippen molar-refractivity contribution in [3.63, 3.8) is 0 Å². The Morgan fingerprint density at radius 1 is 1.16 bits per heavy atom. The summed E-state index contributed by atoms with van der Waals surface area (Å²) in [5.41, 5.74) is -0.00489. The maximum Gasteiger partial charge on any atom is 0.309 e. The van der Waals surface area contributed by atoms with E-state index in [1.807, 2.05) is 0 Å². The minimum atomic E-state index is -0.915. The van der Waals surface area contributed by atoms with E-state index < -0.39 is 35.5 Å². The van der Waals surface area contributed by atoms with Crippen LogP contribution >= 0.6 is 0 Å². The molecule has 32 heavy (non-hydrogen) atoms. The summed E-state index contributed by atoms with van der Waals surface area (Å²) in [6.45, 7) is 2.12. The highest BCUT2D eigenvalue weighted by atomic mass is 19.1. The van der Waals surface area contributed by atoms with Gasteiger partial charge in [-0.15, -0.1) is 0 Å². The van der Waals surface area contributed by atoms with Crippen LogP contribution in [0.15, 0.2) is 47.3 Å². The Balaban J connectivity index is 1.37. The highest BCUT2D eigenvalue weighted by Gasteiger charge is 2.31. The van der Waals surface area contributed by atoms with Gasteiger partial charge in [0.2, 0.25) is 0 Å². The number of amides is 1. The maximum atomic E-state index is 13.9. The van der Waals surface area contributed by atoms with Crippen LogP contribution in [0.3, 0.4) is 0 Å². The Kier molecular flexibility index (Phi) is 5.98. The molecule has 1 saturated heterocycles. The number of para-hydroxylation sites is 1. The molecule has 0 bridgehead atoms. The topological polar surface area (TPSA) is 92.4 Å². The van der Waals surface area contributed by atoms with Crippen LogP contribution in [0.1, 0.15) is 42.1 Å². The Morgan fingerprint density at radius 2 is 1.88 bits per heavy atom. The zero-order valence-corrected chi connectivity index (χ0v) is 17.3. The van der Waals surface area contributed by atoms with Crippen LogP contribution < -0.4 is 5.56 Å². The lowest BCUT2D eigenvalue weighted by molar-refractivity contribution is -0.155. The molecule has 0 aliphatic carbocycles. The zero-order chi connectivity index (χ0) is 22.8. The molecule has 1 fully saturated rings. The highest BCUT2D eigenvalue weighted by molar-refractivity contribution is 5.94. The zero-order valence-electron chi connectivity index (χ0n) is 17.3. The number of halogens is 2. The predicted molar refractivity (Wildman–Crippen MR) is 112 cm³/mol. The lowest BCUT2D eigenvalue weighted by Gasteiger charge is -2.31. The van der Waals surface area contributed by atoms with Crippen molar-refractivity contribution in [2.75, 3.05) is 13.1 Å². The van der Waals surface area contributed by atoms with Gasteiger partial charge in [0.05, 0.1) is 22.4 Å². The first-order chi connectivity index (χ1) is 15.3. The summed E-state index contributed by atoms with van der Waals surface area (Å²) in [7, 11) is 0. The van der Waals surface area contributed by atoms with Crippen molar-refractivity contribution < 1.29 is 23.1 Å². The molecule has 4 rings (SSSR count). The van der Waals surface area contributed by atoms with Crippen LogP contribution in [0, 0.1) is 17.6 Å². The van der Waals surface area contributed by atoms with Crippen LogP contribution in [0.2, 0.25) is 0 Å². The van der Waals surface area contributed by atoms with Crippen LogP contribution in [0.4, 0.5) is 8.78 Å². The molecule has 2 heterocycles. The number of nitrogens with zero attached hydrogens (tertiary/aromatic N) is 2. The van der Waals surface area contributed by atoms with Gasteiger partial charge in [-0.1, -0.05) is 12.1 Å². The lowest BCUT2D eigenvalue weighted by Crippen LogP contribution is -2.41. The molecule has 166 valence electrons. The van der Waals surface area contributed by atoms with E-state index in [1.165, 1.54) is 4.90 Å². The van der Waals surface area contributed by atoms with Crippen molar-refractivity contribution in [2.45, 2.75) is 25.9 Å². The molecule has 1 aliphatic heterocycles. The quantitative estimate of drug-likeness (QED) is 0.627. The number of nitrogens with one attached hydrogen (secondary N) is 1. The van der Waals surface area contributed by atoms with E-state index in [4.69, 9.17) is 4.74 Å². The average Bonchev–Trinajstić information content (AvgIpc) is 2.78. The molecule has 2 aromatic carbocycles. The van der Waals surface area contributed by atoms with Gasteiger partial charge in [-0.25, -0.2) is 13.8 Å². The number of fused-ring (bicyclic) bond motifs is 1. The summed E-state index contributed by atoms with van der Waals surface area (Å²) in [5, 5.41) is 0.449. The molecule has 0 spiro atoms. The number of benzene rings is 2. The number of carbonyl (C=O) groups is 2. The van der Waals surface area contributed by atoms with Crippen LogP contribution in [0.5, 0.6) is 0 Å². The fraction of sp³-hybridized carbons (Fsp3) is 0.304. The maximum absolute atomic E-state index is 13.9. The summed E-state index contributed by atoms with van der Waals surface area (Å²) in [5.74, 6) is -2.85. The normalized spacial score (nSPS) is 15.5. The molecule has 1 aliphatic rings. The smallest absolute Gasteiger partial charge is 0.309 e. The summed E-state index contributed by atoms with van der Waals surface area (Å²) in [6.07, 6.45) is -0.0587. The third-order valence-corrected chi connectivity index (χ3v) is 5.59. The van der Waals surface area contributed by atoms with Gasteiger partial charge in [-0.2, -0.15) is 0 Å². The number of esters is 1. The van der Waals surface area contributed by atoms with Gasteiger partial charge in [-0.3, -0.25) is 14.4 Å². The minimum Gasteiger partial charge on any atom is -0.454 e. The van der Waals surface area contributed by atoms with Gasteiger partial charge >= 0.3 is 5.97 Å². The number of aromatic nitrogens is 2. The predicted octanol–water partition coefficient (Wildman–Crippen LogP) is 3.36. The first-order valence-corrected chi connectivity index (χ1v) is 10.3. The molecule has 3 aromatic rings. The average molecular weight is 441 g/mol. The van der Waals surface area contributed by atoms with E-state index in [-0.39, 0.29) is 30.0 Å². The fourth-order valence-corrected chi connectivity index (χ4v) is 3.77. The number of carbonyl (C=O) groups excluding carboxylic acids is 2. The van der Waals surface area contributed by atoms with E-state index in [2.05, 4.69) is 9.97 Å². The van der Waals surface area contributed by atoms with E-state index in [0.717, 1.165) is 12.1 Å². The lowest BCUT2D eigenvalue weighted by atomic mass is 9.96. The number of piperidine rings is 1. The van der Waals surface area contributed by atoms with Crippen LogP contribution in [-0.2, 0) is 9.53 Å². The number of likely N-dealkylation sites (tertiary alicyclic amines) is 1. The van der Waals surface area contributed by atoms with Crippen molar-refractivity contribution in [3.8, 4) is 0 Å². The second kappa shape index (κ2) is 8.86. The summed E-state index contributed by atoms with van der Waals surface area (Å²) >= 11 is 0. The largest absolute Gasteiger partial charge is 0.454 e. The summed E-state index contributed by atoms with van der Waals surface area (Å²) in [4.78, 5) is 45.8. The second-order valence-electron chi connectivity index (χ2n) is 7.74. The minimum absolute atomic E-state index is 0.201. The summed E-state index contributed by atoms with van der Waals surface area (Å²) < 4.78 is 32.5. The van der Waals surface area contributed by atoms with E-state index in [0.29, 0.717) is 29.8 Å². The van der Waals surface area contributed by atoms with Gasteiger partial charge in [0, 0.05) is 19.2 Å². The molecule has 0 saturated carbocycles. The van der Waals surface area contributed by atoms with Crippen molar-refractivity contribution in [1.29, 1.82) is 0 Å². The third kappa shape index (κ3) is 4.37. The van der Waals surface area contributed by atoms with E-state index in [9.17, 15) is 23.2 Å². The molecule has 1 unspecified atom stereocenters. The molecule has 0 radical (unpaired) electrons.